The highest BCUT2D eigenvalue weighted by molar-refractivity contribution is 8.03. The normalized spacial score (nSPS) is 16.2. The van der Waals surface area contributed by atoms with Crippen LogP contribution in [0, 0.1) is 11.3 Å². The zero-order valence-corrected chi connectivity index (χ0v) is 18.0. The van der Waals surface area contributed by atoms with Crippen LogP contribution in [0.25, 0.3) is 10.2 Å². The fraction of sp³-hybridized carbons (Fsp3) is 0.143. The van der Waals surface area contributed by atoms with E-state index in [1.807, 2.05) is 24.3 Å². The third-order valence-electron chi connectivity index (χ3n) is 4.59. The first-order valence-electron chi connectivity index (χ1n) is 9.21. The maximum atomic E-state index is 13.3. The van der Waals surface area contributed by atoms with Crippen molar-refractivity contribution < 1.29 is 14.0 Å². The lowest BCUT2D eigenvalue weighted by Crippen LogP contribution is -2.31. The Bertz CT molecular complexity index is 1230. The molecule has 4 rings (SSSR count). The van der Waals surface area contributed by atoms with Crippen LogP contribution in [0.1, 0.15) is 18.6 Å². The van der Waals surface area contributed by atoms with E-state index in [9.17, 15) is 14.9 Å². The van der Waals surface area contributed by atoms with Gasteiger partial charge in [0.25, 0.3) is 5.91 Å². The molecule has 0 saturated carbocycles. The third-order valence-corrected chi connectivity index (χ3v) is 6.58. The number of amides is 2. The van der Waals surface area contributed by atoms with Crippen LogP contribution in [0.3, 0.4) is 0 Å². The van der Waals surface area contributed by atoms with Gasteiger partial charge in [-0.2, -0.15) is 5.26 Å². The molecule has 0 unspecified atom stereocenters. The van der Waals surface area contributed by atoms with E-state index in [1.54, 1.807) is 19.1 Å². The molecule has 0 aliphatic carbocycles. The highest BCUT2D eigenvalue weighted by Gasteiger charge is 2.36. The fourth-order valence-corrected chi connectivity index (χ4v) is 4.99. The van der Waals surface area contributed by atoms with Gasteiger partial charge in [-0.25, -0.2) is 4.98 Å². The van der Waals surface area contributed by atoms with Gasteiger partial charge in [0, 0.05) is 5.70 Å². The number of anilines is 1. The van der Waals surface area contributed by atoms with Crippen LogP contribution in [0.5, 0.6) is 0 Å². The van der Waals surface area contributed by atoms with Gasteiger partial charge in [0.15, 0.2) is 5.13 Å². The van der Waals surface area contributed by atoms with E-state index in [-0.39, 0.29) is 11.3 Å². The predicted octanol–water partition coefficient (Wildman–Crippen LogP) is 3.44. The summed E-state index contributed by atoms with van der Waals surface area (Å²) >= 11 is 2.48. The lowest BCUT2D eigenvalue weighted by molar-refractivity contribution is -0.115. The van der Waals surface area contributed by atoms with Crippen molar-refractivity contribution in [1.29, 1.82) is 5.26 Å². The molecule has 0 saturated heterocycles. The number of primary amides is 1. The molecule has 156 valence electrons. The standard InChI is InChI=1S/C21H17N5O3S2/c1-11-17(19(28)26-21-25-13-5-2-3-7-15(13)31-21)18(14-6-4-8-29-14)12(9-22)20(24-11)30-10-16(23)27/h2-8,18,24H,10H2,1H3,(H2,23,27)(H,25,26,28)/t18-/m1/s1. The number of nitrogens with one attached hydrogen (secondary N) is 2. The number of furan rings is 1. The van der Waals surface area contributed by atoms with Gasteiger partial charge in [-0.1, -0.05) is 35.2 Å². The largest absolute Gasteiger partial charge is 0.468 e. The van der Waals surface area contributed by atoms with Gasteiger partial charge in [0.2, 0.25) is 5.91 Å². The second-order valence-electron chi connectivity index (χ2n) is 6.66. The maximum Gasteiger partial charge on any atom is 0.256 e. The van der Waals surface area contributed by atoms with E-state index < -0.39 is 17.7 Å². The second kappa shape index (κ2) is 8.67. The number of dihydropyridines is 1. The number of thiazole rings is 1. The highest BCUT2D eigenvalue weighted by Crippen LogP contribution is 2.41. The summed E-state index contributed by atoms with van der Waals surface area (Å²) < 4.78 is 6.52. The number of para-hydroxylation sites is 1. The molecule has 4 N–H and O–H groups in total. The van der Waals surface area contributed by atoms with Gasteiger partial charge in [-0.05, 0) is 31.2 Å². The summed E-state index contributed by atoms with van der Waals surface area (Å²) in [6.45, 7) is 1.74. The maximum absolute atomic E-state index is 13.3. The Hall–Kier alpha value is -3.55. The summed E-state index contributed by atoms with van der Waals surface area (Å²) in [6, 6.07) is 13.2. The molecule has 0 radical (unpaired) electrons. The lowest BCUT2D eigenvalue weighted by atomic mass is 9.85. The predicted molar refractivity (Wildman–Crippen MR) is 120 cm³/mol. The summed E-state index contributed by atoms with van der Waals surface area (Å²) in [5.41, 5.74) is 7.22. The number of carbonyl (C=O) groups excluding carboxylic acids is 2. The van der Waals surface area contributed by atoms with E-state index in [0.717, 1.165) is 22.0 Å². The molecule has 0 spiro atoms. The van der Waals surface area contributed by atoms with Crippen molar-refractivity contribution in [2.75, 3.05) is 11.1 Å². The molecule has 0 fully saturated rings. The number of carbonyl (C=O) groups is 2. The van der Waals surface area contributed by atoms with Crippen LogP contribution in [-0.4, -0.2) is 22.6 Å². The number of thioether (sulfide) groups is 1. The SMILES string of the molecule is CC1=C(C(=O)Nc2nc3ccccc3s2)[C@@H](c2ccco2)C(C#N)=C(SCC(N)=O)N1. The number of allylic oxidation sites excluding steroid dienone is 2. The zero-order chi connectivity index (χ0) is 22.0. The smallest absolute Gasteiger partial charge is 0.256 e. The van der Waals surface area contributed by atoms with Gasteiger partial charge < -0.3 is 15.5 Å². The van der Waals surface area contributed by atoms with Gasteiger partial charge in [0.05, 0.1) is 50.4 Å². The molecule has 2 aromatic heterocycles. The number of rotatable bonds is 6. The minimum atomic E-state index is -0.731. The Morgan fingerprint density at radius 3 is 2.84 bits per heavy atom. The van der Waals surface area contributed by atoms with Crippen molar-refractivity contribution in [3.8, 4) is 6.07 Å². The highest BCUT2D eigenvalue weighted by atomic mass is 32.2. The molecular weight excluding hydrogens is 434 g/mol. The summed E-state index contributed by atoms with van der Waals surface area (Å²) in [7, 11) is 0. The number of fused-ring (bicyclic) bond motifs is 1. The van der Waals surface area contributed by atoms with E-state index in [4.69, 9.17) is 10.2 Å². The topological polar surface area (TPSA) is 134 Å². The Morgan fingerprint density at radius 1 is 1.35 bits per heavy atom. The van der Waals surface area contributed by atoms with E-state index in [0.29, 0.717) is 27.2 Å². The van der Waals surface area contributed by atoms with Crippen molar-refractivity contribution in [3.05, 3.63) is 70.3 Å². The van der Waals surface area contributed by atoms with Crippen molar-refractivity contribution in [1.82, 2.24) is 10.3 Å². The zero-order valence-electron chi connectivity index (χ0n) is 16.3. The second-order valence-corrected chi connectivity index (χ2v) is 8.68. The van der Waals surface area contributed by atoms with Crippen LogP contribution in [-0.2, 0) is 9.59 Å². The van der Waals surface area contributed by atoms with Crippen LogP contribution >= 0.6 is 23.1 Å². The number of hydrogen-bond donors (Lipinski definition) is 3. The molecule has 1 aliphatic heterocycles. The van der Waals surface area contributed by atoms with Gasteiger partial charge >= 0.3 is 0 Å². The van der Waals surface area contributed by atoms with Gasteiger partial charge in [0.1, 0.15) is 5.76 Å². The minimum Gasteiger partial charge on any atom is -0.468 e. The molecule has 2 amide bonds. The average Bonchev–Trinajstić information content (AvgIpc) is 3.40. The van der Waals surface area contributed by atoms with Crippen molar-refractivity contribution in [2.24, 2.45) is 5.73 Å². The Morgan fingerprint density at radius 2 is 2.16 bits per heavy atom. The molecule has 1 aliphatic rings. The van der Waals surface area contributed by atoms with E-state index in [2.05, 4.69) is 21.7 Å². The van der Waals surface area contributed by atoms with E-state index >= 15 is 0 Å². The van der Waals surface area contributed by atoms with Crippen LogP contribution in [0.4, 0.5) is 5.13 Å². The first kappa shape index (κ1) is 20.7. The molecule has 10 heteroatoms. The summed E-state index contributed by atoms with van der Waals surface area (Å²) in [5, 5.41) is 16.7. The molecule has 3 aromatic rings. The van der Waals surface area contributed by atoms with Crippen molar-refractivity contribution in [2.45, 2.75) is 12.8 Å². The van der Waals surface area contributed by atoms with Crippen LogP contribution in [0.2, 0.25) is 0 Å². The monoisotopic (exact) mass is 451 g/mol. The third kappa shape index (κ3) is 4.19. The van der Waals surface area contributed by atoms with Gasteiger partial charge in [-0.15, -0.1) is 0 Å². The lowest BCUT2D eigenvalue weighted by Gasteiger charge is -2.28. The number of aromatic nitrogens is 1. The van der Waals surface area contributed by atoms with Crippen LogP contribution in [0.15, 0.2) is 69.0 Å². The molecule has 31 heavy (non-hydrogen) atoms. The Labute approximate surface area is 185 Å². The fourth-order valence-electron chi connectivity index (χ4n) is 3.30. The average molecular weight is 452 g/mol. The number of nitriles is 1. The first-order valence-corrected chi connectivity index (χ1v) is 11.0. The van der Waals surface area contributed by atoms with Crippen molar-refractivity contribution >= 4 is 50.3 Å². The summed E-state index contributed by atoms with van der Waals surface area (Å²) in [4.78, 5) is 29.0. The molecule has 1 aromatic carbocycles. The molecule has 0 bridgehead atoms. The summed E-state index contributed by atoms with van der Waals surface area (Å²) in [6.07, 6.45) is 1.49. The number of hydrogen-bond acceptors (Lipinski definition) is 8. The molecular formula is C21H17N5O3S2. The number of benzene rings is 1. The quantitative estimate of drug-likeness (QED) is 0.522. The summed E-state index contributed by atoms with van der Waals surface area (Å²) in [5.74, 6) is -1.18. The molecule has 3 heterocycles. The van der Waals surface area contributed by atoms with E-state index in [1.165, 1.54) is 17.6 Å². The molecule has 1 atom stereocenters. The first-order chi connectivity index (χ1) is 15.0. The molecule has 8 nitrogen and oxygen atoms in total. The van der Waals surface area contributed by atoms with Crippen molar-refractivity contribution in [3.63, 3.8) is 0 Å². The number of nitrogens with zero attached hydrogens (tertiary/aromatic N) is 2. The van der Waals surface area contributed by atoms with Gasteiger partial charge in [-0.3, -0.25) is 14.9 Å². The number of nitrogens with two attached hydrogens (primary N) is 1. The minimum absolute atomic E-state index is 0.00109. The van der Waals surface area contributed by atoms with Crippen LogP contribution < -0.4 is 16.4 Å². The Kier molecular flexibility index (Phi) is 5.79. The Balaban J connectivity index is 1.71.